The van der Waals surface area contributed by atoms with Crippen LogP contribution in [0.5, 0.6) is 0 Å². The van der Waals surface area contributed by atoms with Crippen LogP contribution in [0.4, 0.5) is 0 Å². The topological polar surface area (TPSA) is 0 Å². The standard InChI is InChI=1S/C6H11/c1-4-5-6(2)3/h2,6H,1,4-5H2,3H3. The van der Waals surface area contributed by atoms with Gasteiger partial charge in [-0.2, -0.15) is 0 Å². The third kappa shape index (κ3) is 4.00. The zero-order valence-electron chi connectivity index (χ0n) is 4.28. The molecule has 1 unspecified atom stereocenters. The van der Waals surface area contributed by atoms with Crippen LogP contribution < -0.4 is 0 Å². The minimum Gasteiger partial charge on any atom is -0.0622 e. The average molecular weight is 83.2 g/mol. The summed E-state index contributed by atoms with van der Waals surface area (Å²) < 4.78 is 0. The van der Waals surface area contributed by atoms with Crippen molar-refractivity contribution < 1.29 is 0 Å². The molecule has 1 atom stereocenters. The molecule has 0 aliphatic heterocycles. The van der Waals surface area contributed by atoms with Gasteiger partial charge in [0.2, 0.25) is 0 Å². The van der Waals surface area contributed by atoms with Crippen molar-refractivity contribution in [2.75, 3.05) is 0 Å². The molecule has 0 aromatic rings. The van der Waals surface area contributed by atoms with Crippen LogP contribution in [0.25, 0.3) is 0 Å². The molecule has 0 rings (SSSR count). The van der Waals surface area contributed by atoms with E-state index in [-0.39, 0.29) is 0 Å². The van der Waals surface area contributed by atoms with Gasteiger partial charge in [0.15, 0.2) is 0 Å². The highest BCUT2D eigenvalue weighted by molar-refractivity contribution is 4.53. The molecule has 0 nitrogen and oxygen atoms in total. The molecular formula is C6H11. The molecule has 3 radical (unpaired) electrons. The Morgan fingerprint density at radius 3 is 2.33 bits per heavy atom. The fraction of sp³-hybridized carbons (Fsp3) is 0.667. The fourth-order valence-corrected chi connectivity index (χ4v) is 0.322. The van der Waals surface area contributed by atoms with Gasteiger partial charge in [0.1, 0.15) is 0 Å². The van der Waals surface area contributed by atoms with Crippen molar-refractivity contribution in [3.8, 4) is 0 Å². The van der Waals surface area contributed by atoms with E-state index in [0.717, 1.165) is 12.8 Å². The van der Waals surface area contributed by atoms with Gasteiger partial charge in [-0.05, 0) is 12.8 Å². The van der Waals surface area contributed by atoms with E-state index in [1.165, 1.54) is 0 Å². The SMILES string of the molecule is [CH]C(C)CC[CH2]. The largest absolute Gasteiger partial charge is 0.0622 e. The van der Waals surface area contributed by atoms with Gasteiger partial charge in [-0.25, -0.2) is 0 Å². The van der Waals surface area contributed by atoms with Crippen LogP contribution in [0.3, 0.4) is 0 Å². The quantitative estimate of drug-likeness (QED) is 0.478. The lowest BCUT2D eigenvalue weighted by Gasteiger charge is -1.95. The molecule has 0 fully saturated rings. The monoisotopic (exact) mass is 83.1 g/mol. The Morgan fingerprint density at radius 2 is 2.33 bits per heavy atom. The molecule has 0 heterocycles. The summed E-state index contributed by atoms with van der Waals surface area (Å²) in [5.41, 5.74) is 0. The van der Waals surface area contributed by atoms with Gasteiger partial charge in [0.05, 0.1) is 0 Å². The zero-order chi connectivity index (χ0) is 4.99. The van der Waals surface area contributed by atoms with E-state index in [1.807, 2.05) is 6.92 Å². The summed E-state index contributed by atoms with van der Waals surface area (Å²) in [6.45, 7) is 11.0. The summed E-state index contributed by atoms with van der Waals surface area (Å²) in [6.07, 6.45) is 2.00. The van der Waals surface area contributed by atoms with Crippen LogP contribution in [-0.2, 0) is 0 Å². The van der Waals surface area contributed by atoms with Crippen molar-refractivity contribution in [2.45, 2.75) is 19.8 Å². The average Bonchev–Trinajstić information content (AvgIpc) is 1.35. The first-order valence-electron chi connectivity index (χ1n) is 2.32. The molecule has 35 valence electrons. The predicted octanol–water partition coefficient (Wildman–Crippen LogP) is 1.95. The third-order valence-corrected chi connectivity index (χ3v) is 0.659. The Balaban J connectivity index is 2.63. The van der Waals surface area contributed by atoms with Gasteiger partial charge in [-0.3, -0.25) is 0 Å². The zero-order valence-corrected chi connectivity index (χ0v) is 4.28. The first-order chi connectivity index (χ1) is 2.77. The molecule has 0 aromatic heterocycles. The van der Waals surface area contributed by atoms with E-state index in [9.17, 15) is 0 Å². The van der Waals surface area contributed by atoms with E-state index in [1.54, 1.807) is 0 Å². The smallest absolute Gasteiger partial charge is 0.0321 e. The van der Waals surface area contributed by atoms with Crippen LogP contribution in [-0.4, -0.2) is 0 Å². The lowest BCUT2D eigenvalue weighted by molar-refractivity contribution is 0.653. The molecule has 0 aliphatic carbocycles. The summed E-state index contributed by atoms with van der Waals surface area (Å²) in [7, 11) is 0. The van der Waals surface area contributed by atoms with Gasteiger partial charge in [0, 0.05) is 0 Å². The van der Waals surface area contributed by atoms with Gasteiger partial charge < -0.3 is 0 Å². The predicted molar refractivity (Wildman–Crippen MR) is 28.1 cm³/mol. The molecule has 0 heteroatoms. The number of hydrogen-bond donors (Lipinski definition) is 0. The first-order valence-corrected chi connectivity index (χ1v) is 2.32. The summed E-state index contributed by atoms with van der Waals surface area (Å²) >= 11 is 0. The maximum atomic E-state index is 5.36. The van der Waals surface area contributed by atoms with Crippen molar-refractivity contribution in [1.29, 1.82) is 0 Å². The highest BCUT2D eigenvalue weighted by Crippen LogP contribution is 1.99. The molecule has 0 aliphatic rings. The minimum atomic E-state index is 0.336. The Kier molecular flexibility index (Phi) is 3.20. The Hall–Kier alpha value is 0. The van der Waals surface area contributed by atoms with Crippen LogP contribution in [0.15, 0.2) is 0 Å². The molecule has 0 saturated heterocycles. The third-order valence-electron chi connectivity index (χ3n) is 0.659. The van der Waals surface area contributed by atoms with Gasteiger partial charge in [-0.1, -0.05) is 26.7 Å². The second-order valence-electron chi connectivity index (χ2n) is 1.62. The fourth-order valence-electron chi connectivity index (χ4n) is 0.322. The van der Waals surface area contributed by atoms with Gasteiger partial charge in [0.25, 0.3) is 0 Å². The summed E-state index contributed by atoms with van der Waals surface area (Å²) in [4.78, 5) is 0. The van der Waals surface area contributed by atoms with Crippen LogP contribution in [0, 0.1) is 19.8 Å². The lowest BCUT2D eigenvalue weighted by Crippen LogP contribution is -1.82. The van der Waals surface area contributed by atoms with Crippen molar-refractivity contribution in [2.24, 2.45) is 5.92 Å². The van der Waals surface area contributed by atoms with E-state index in [2.05, 4.69) is 6.92 Å². The Morgan fingerprint density at radius 1 is 1.83 bits per heavy atom. The van der Waals surface area contributed by atoms with E-state index in [0.29, 0.717) is 5.92 Å². The number of hydrogen-bond acceptors (Lipinski definition) is 0. The summed E-state index contributed by atoms with van der Waals surface area (Å²) in [5, 5.41) is 0. The van der Waals surface area contributed by atoms with E-state index < -0.39 is 0 Å². The van der Waals surface area contributed by atoms with Crippen molar-refractivity contribution in [3.05, 3.63) is 13.8 Å². The highest BCUT2D eigenvalue weighted by Gasteiger charge is 1.86. The molecular weight excluding hydrogens is 72.1 g/mol. The molecule has 0 spiro atoms. The van der Waals surface area contributed by atoms with Gasteiger partial charge >= 0.3 is 0 Å². The minimum absolute atomic E-state index is 0.336. The molecule has 0 N–H and O–H groups in total. The van der Waals surface area contributed by atoms with Crippen molar-refractivity contribution >= 4 is 0 Å². The van der Waals surface area contributed by atoms with Crippen LogP contribution in [0.1, 0.15) is 19.8 Å². The second-order valence-corrected chi connectivity index (χ2v) is 1.62. The second kappa shape index (κ2) is 3.20. The maximum absolute atomic E-state index is 5.36. The van der Waals surface area contributed by atoms with Gasteiger partial charge in [-0.15, -0.1) is 0 Å². The Bertz CT molecular complexity index is 21.2. The highest BCUT2D eigenvalue weighted by atomic mass is 13.9. The molecule has 0 amide bonds. The van der Waals surface area contributed by atoms with Crippen LogP contribution >= 0.6 is 0 Å². The first kappa shape index (κ1) is 6.00. The van der Waals surface area contributed by atoms with Crippen molar-refractivity contribution in [3.63, 3.8) is 0 Å². The molecule has 6 heavy (non-hydrogen) atoms. The lowest BCUT2D eigenvalue weighted by atomic mass is 10.1. The Labute approximate surface area is 40.6 Å². The molecule has 0 saturated carbocycles. The van der Waals surface area contributed by atoms with Crippen molar-refractivity contribution in [1.82, 2.24) is 0 Å². The van der Waals surface area contributed by atoms with E-state index >= 15 is 0 Å². The maximum Gasteiger partial charge on any atom is -0.0321 e. The van der Waals surface area contributed by atoms with E-state index in [4.69, 9.17) is 6.92 Å². The summed E-state index contributed by atoms with van der Waals surface area (Å²) in [5.74, 6) is 0.336. The number of rotatable bonds is 2. The van der Waals surface area contributed by atoms with Crippen LogP contribution in [0.2, 0.25) is 0 Å². The molecule has 0 aromatic carbocycles. The molecule has 0 bridgehead atoms. The summed E-state index contributed by atoms with van der Waals surface area (Å²) in [6, 6.07) is 0. The normalized spacial score (nSPS) is 10.0.